The fourth-order valence-corrected chi connectivity index (χ4v) is 2.48. The fourth-order valence-electron chi connectivity index (χ4n) is 2.48. The van der Waals surface area contributed by atoms with Crippen molar-refractivity contribution in [2.75, 3.05) is 0 Å². The summed E-state index contributed by atoms with van der Waals surface area (Å²) < 4.78 is 0. The van der Waals surface area contributed by atoms with Crippen molar-refractivity contribution in [2.24, 2.45) is 10.9 Å². The van der Waals surface area contributed by atoms with Crippen molar-refractivity contribution in [1.29, 1.82) is 0 Å². The van der Waals surface area contributed by atoms with Gasteiger partial charge in [-0.3, -0.25) is 24.4 Å². The molecular formula is C14H10N2O3. The summed E-state index contributed by atoms with van der Waals surface area (Å²) in [6.45, 7) is 1.80. The van der Waals surface area contributed by atoms with E-state index >= 15 is 0 Å². The summed E-state index contributed by atoms with van der Waals surface area (Å²) in [5.41, 5.74) is 1.54. The van der Waals surface area contributed by atoms with Crippen molar-refractivity contribution in [1.82, 2.24) is 4.98 Å². The second-order valence-corrected chi connectivity index (χ2v) is 4.64. The minimum atomic E-state index is -0.825. The van der Waals surface area contributed by atoms with Crippen molar-refractivity contribution < 1.29 is 14.4 Å². The maximum Gasteiger partial charge on any atom is 0.192 e. The van der Waals surface area contributed by atoms with Crippen LogP contribution in [0.15, 0.2) is 28.9 Å². The number of hydrogen-bond acceptors (Lipinski definition) is 5. The molecule has 94 valence electrons. The first-order chi connectivity index (χ1) is 9.13. The second kappa shape index (κ2) is 4.05. The number of aryl methyl sites for hydroxylation is 1. The first-order valence-corrected chi connectivity index (χ1v) is 5.87. The number of hydrogen-bond donors (Lipinski definition) is 0. The normalized spacial score (nSPS) is 24.6. The van der Waals surface area contributed by atoms with Gasteiger partial charge in [0.2, 0.25) is 0 Å². The number of pyridine rings is 1. The number of fused-ring (bicyclic) bond motifs is 2. The highest BCUT2D eigenvalue weighted by Crippen LogP contribution is 2.32. The van der Waals surface area contributed by atoms with Crippen LogP contribution in [0.4, 0.5) is 0 Å². The zero-order valence-corrected chi connectivity index (χ0v) is 10.2. The molecule has 5 heteroatoms. The van der Waals surface area contributed by atoms with Gasteiger partial charge in [0.25, 0.3) is 0 Å². The highest BCUT2D eigenvalue weighted by molar-refractivity contribution is 6.20. The van der Waals surface area contributed by atoms with Crippen molar-refractivity contribution in [3.05, 3.63) is 40.7 Å². The Kier molecular flexibility index (Phi) is 2.48. The van der Waals surface area contributed by atoms with Crippen LogP contribution in [0.5, 0.6) is 0 Å². The Morgan fingerprint density at radius 2 is 2.05 bits per heavy atom. The molecule has 2 heterocycles. The summed E-state index contributed by atoms with van der Waals surface area (Å²) in [6, 6.07) is 0.821. The van der Waals surface area contributed by atoms with Crippen LogP contribution in [-0.4, -0.2) is 35.1 Å². The number of aliphatic imine (C=N–C) groups is 1. The number of carbonyl (C=O) groups is 3. The molecule has 2 atom stereocenters. The molecule has 1 aliphatic carbocycles. The molecule has 0 bridgehead atoms. The van der Waals surface area contributed by atoms with Gasteiger partial charge < -0.3 is 0 Å². The smallest absolute Gasteiger partial charge is 0.192 e. The van der Waals surface area contributed by atoms with Crippen molar-refractivity contribution >= 4 is 24.1 Å². The van der Waals surface area contributed by atoms with Gasteiger partial charge in [-0.15, -0.1) is 0 Å². The number of ketones is 2. The van der Waals surface area contributed by atoms with E-state index in [1.807, 2.05) is 0 Å². The third-order valence-electron chi connectivity index (χ3n) is 3.40. The Balaban J connectivity index is 2.21. The molecule has 1 aromatic heterocycles. The largest absolute Gasteiger partial charge is 0.298 e. The van der Waals surface area contributed by atoms with E-state index in [0.29, 0.717) is 11.8 Å². The summed E-state index contributed by atoms with van der Waals surface area (Å²) >= 11 is 0. The Morgan fingerprint density at radius 1 is 1.26 bits per heavy atom. The van der Waals surface area contributed by atoms with Crippen LogP contribution >= 0.6 is 0 Å². The van der Waals surface area contributed by atoms with Crippen LogP contribution in [0.1, 0.15) is 26.4 Å². The molecule has 1 aliphatic heterocycles. The van der Waals surface area contributed by atoms with Crippen LogP contribution in [0.25, 0.3) is 0 Å². The van der Waals surface area contributed by atoms with E-state index in [4.69, 9.17) is 0 Å². The average molecular weight is 254 g/mol. The quantitative estimate of drug-likeness (QED) is 0.699. The molecule has 1 aromatic rings. The first kappa shape index (κ1) is 11.6. The molecule has 0 amide bonds. The number of aromatic nitrogens is 1. The molecule has 0 aromatic carbocycles. The van der Waals surface area contributed by atoms with E-state index in [-0.39, 0.29) is 22.8 Å². The Bertz CT molecular complexity index is 673. The molecule has 3 rings (SSSR count). The van der Waals surface area contributed by atoms with Crippen molar-refractivity contribution in [2.45, 2.75) is 13.0 Å². The fraction of sp³-hybridized carbons (Fsp3) is 0.214. The minimum Gasteiger partial charge on any atom is -0.298 e. The zero-order chi connectivity index (χ0) is 13.6. The first-order valence-electron chi connectivity index (χ1n) is 5.87. The molecule has 19 heavy (non-hydrogen) atoms. The molecular weight excluding hydrogens is 244 g/mol. The predicted octanol–water partition coefficient (Wildman–Crippen LogP) is 0.964. The van der Waals surface area contributed by atoms with Gasteiger partial charge in [0, 0.05) is 23.5 Å². The third-order valence-corrected chi connectivity index (χ3v) is 3.40. The molecule has 0 N–H and O–H groups in total. The number of dihydropyridines is 1. The number of nitrogens with zero attached hydrogens (tertiary/aromatic N) is 2. The molecule has 0 spiro atoms. The lowest BCUT2D eigenvalue weighted by Crippen LogP contribution is -2.43. The van der Waals surface area contributed by atoms with E-state index in [1.54, 1.807) is 19.2 Å². The van der Waals surface area contributed by atoms with Gasteiger partial charge in [0.15, 0.2) is 11.6 Å². The summed E-state index contributed by atoms with van der Waals surface area (Å²) in [5.74, 6) is -1.38. The van der Waals surface area contributed by atoms with Gasteiger partial charge in [-0.1, -0.05) is 0 Å². The van der Waals surface area contributed by atoms with Gasteiger partial charge in [-0.25, -0.2) is 0 Å². The Morgan fingerprint density at radius 3 is 2.79 bits per heavy atom. The van der Waals surface area contributed by atoms with Crippen molar-refractivity contribution in [3.8, 4) is 0 Å². The van der Waals surface area contributed by atoms with Crippen LogP contribution in [-0.2, 0) is 4.79 Å². The molecule has 5 nitrogen and oxygen atoms in total. The van der Waals surface area contributed by atoms with Crippen LogP contribution in [0.2, 0.25) is 0 Å². The average Bonchev–Trinajstić information content (AvgIpc) is 2.43. The molecule has 0 saturated carbocycles. The number of carbonyl (C=O) groups excluding carboxylic acids is 3. The number of aldehydes is 1. The highest BCUT2D eigenvalue weighted by Gasteiger charge is 2.44. The monoisotopic (exact) mass is 254 g/mol. The maximum atomic E-state index is 12.4. The maximum absolute atomic E-state index is 12.4. The van der Waals surface area contributed by atoms with E-state index < -0.39 is 12.0 Å². The van der Waals surface area contributed by atoms with Crippen LogP contribution in [0.3, 0.4) is 0 Å². The van der Waals surface area contributed by atoms with Gasteiger partial charge in [-0.05, 0) is 24.6 Å². The SMILES string of the molecule is Cc1cnc2c(c1)C(=O)C1N=CC=C(C=O)C1C2=O. The standard InChI is InChI=1S/C14H10N2O3/c1-7-4-9-11(16-5-7)14(19)10-8(6-17)2-3-15-12(10)13(9)18/h2-6,10,12H,1H3. The second-order valence-electron chi connectivity index (χ2n) is 4.64. The van der Waals surface area contributed by atoms with E-state index in [0.717, 1.165) is 5.56 Å². The zero-order valence-electron chi connectivity index (χ0n) is 10.2. The van der Waals surface area contributed by atoms with Crippen LogP contribution < -0.4 is 0 Å². The topological polar surface area (TPSA) is 76.5 Å². The molecule has 0 saturated heterocycles. The number of allylic oxidation sites excluding steroid dienone is 1. The van der Waals surface area contributed by atoms with E-state index in [2.05, 4.69) is 9.98 Å². The Labute approximate surface area is 109 Å². The summed E-state index contributed by atoms with van der Waals surface area (Å²) in [6.07, 6.45) is 5.02. The lowest BCUT2D eigenvalue weighted by molar-refractivity contribution is -0.105. The Hall–Kier alpha value is -2.43. The van der Waals surface area contributed by atoms with Gasteiger partial charge in [-0.2, -0.15) is 0 Å². The van der Waals surface area contributed by atoms with E-state index in [9.17, 15) is 14.4 Å². The lowest BCUT2D eigenvalue weighted by Gasteiger charge is -2.29. The molecule has 2 aliphatic rings. The highest BCUT2D eigenvalue weighted by atomic mass is 16.1. The number of rotatable bonds is 1. The number of Topliss-reactive ketones (excluding diaryl/α,β-unsaturated/α-hetero) is 2. The lowest BCUT2D eigenvalue weighted by atomic mass is 9.76. The van der Waals surface area contributed by atoms with Gasteiger partial charge in [0.05, 0.1) is 5.92 Å². The third kappa shape index (κ3) is 1.58. The van der Waals surface area contributed by atoms with Crippen molar-refractivity contribution in [3.63, 3.8) is 0 Å². The minimum absolute atomic E-state index is 0.140. The van der Waals surface area contributed by atoms with Crippen LogP contribution in [0, 0.1) is 12.8 Å². The van der Waals surface area contributed by atoms with Gasteiger partial charge in [0.1, 0.15) is 18.0 Å². The molecule has 0 radical (unpaired) electrons. The van der Waals surface area contributed by atoms with E-state index in [1.165, 1.54) is 12.3 Å². The van der Waals surface area contributed by atoms with Gasteiger partial charge >= 0.3 is 0 Å². The summed E-state index contributed by atoms with van der Waals surface area (Å²) in [4.78, 5) is 43.9. The molecule has 2 unspecified atom stereocenters. The summed E-state index contributed by atoms with van der Waals surface area (Å²) in [5, 5.41) is 0. The summed E-state index contributed by atoms with van der Waals surface area (Å²) in [7, 11) is 0. The molecule has 0 fully saturated rings. The predicted molar refractivity (Wildman–Crippen MR) is 67.6 cm³/mol.